The Labute approximate surface area is 140 Å². The standard InChI is InChI=1S/C13H14N6O4S/c1-17-13(14-15-16-17)24-4-7-2-6-3-18(5-20)10-8(6)19(11(10)21)9(7)12(22)23/h5-6,8,10H,2-4H2,1H3,(H,22,23)/t6-,8-,10+/m1/s1. The van der Waals surface area contributed by atoms with Gasteiger partial charge in [0.25, 0.3) is 5.91 Å². The lowest BCUT2D eigenvalue weighted by Crippen LogP contribution is -2.68. The van der Waals surface area contributed by atoms with E-state index in [9.17, 15) is 19.5 Å². The lowest BCUT2D eigenvalue weighted by Gasteiger charge is -2.49. The van der Waals surface area contributed by atoms with Crippen molar-refractivity contribution in [3.63, 3.8) is 0 Å². The van der Waals surface area contributed by atoms with E-state index >= 15 is 0 Å². The van der Waals surface area contributed by atoms with E-state index in [0.717, 1.165) is 0 Å². The summed E-state index contributed by atoms with van der Waals surface area (Å²) < 4.78 is 1.51. The third kappa shape index (κ3) is 1.97. The summed E-state index contributed by atoms with van der Waals surface area (Å²) in [5.41, 5.74) is 0.726. The third-order valence-corrected chi connectivity index (χ3v) is 5.87. The summed E-state index contributed by atoms with van der Waals surface area (Å²) in [5, 5.41) is 21.3. The van der Waals surface area contributed by atoms with Crippen LogP contribution in [0.2, 0.25) is 0 Å². The number of carboxylic acid groups (broad SMARTS) is 1. The molecule has 0 saturated carbocycles. The smallest absolute Gasteiger partial charge is 0.352 e. The molecule has 2 fully saturated rings. The van der Waals surface area contributed by atoms with Crippen LogP contribution in [0.4, 0.5) is 0 Å². The van der Waals surface area contributed by atoms with Gasteiger partial charge < -0.3 is 10.0 Å². The molecule has 0 radical (unpaired) electrons. The number of aryl methyl sites for hydroxylation is 1. The molecule has 126 valence electrons. The van der Waals surface area contributed by atoms with Gasteiger partial charge >= 0.3 is 5.97 Å². The van der Waals surface area contributed by atoms with Crippen molar-refractivity contribution in [2.45, 2.75) is 23.7 Å². The molecule has 4 rings (SSSR count). The number of carboxylic acids is 1. The van der Waals surface area contributed by atoms with Gasteiger partial charge in [0.05, 0.1) is 6.04 Å². The molecule has 0 unspecified atom stereocenters. The molecule has 3 atom stereocenters. The summed E-state index contributed by atoms with van der Waals surface area (Å²) >= 11 is 1.33. The number of hydrogen-bond donors (Lipinski definition) is 1. The molecule has 0 spiro atoms. The largest absolute Gasteiger partial charge is 0.477 e. The first kappa shape index (κ1) is 15.1. The van der Waals surface area contributed by atoms with Crippen molar-refractivity contribution in [2.24, 2.45) is 13.0 Å². The predicted molar refractivity (Wildman–Crippen MR) is 79.5 cm³/mol. The molecule has 2 saturated heterocycles. The highest BCUT2D eigenvalue weighted by atomic mass is 32.2. The topological polar surface area (TPSA) is 122 Å². The van der Waals surface area contributed by atoms with Crippen molar-refractivity contribution in [3.05, 3.63) is 11.3 Å². The number of tetrazole rings is 1. The normalized spacial score (nSPS) is 28.0. The molecule has 10 nitrogen and oxygen atoms in total. The van der Waals surface area contributed by atoms with Crippen LogP contribution in [0.5, 0.6) is 0 Å². The molecule has 24 heavy (non-hydrogen) atoms. The molecule has 11 heteroatoms. The number of carbonyl (C=O) groups is 3. The van der Waals surface area contributed by atoms with Gasteiger partial charge in [0, 0.05) is 25.3 Å². The number of aromatic nitrogens is 4. The zero-order chi connectivity index (χ0) is 17.0. The van der Waals surface area contributed by atoms with Crippen LogP contribution >= 0.6 is 11.8 Å². The zero-order valence-corrected chi connectivity index (χ0v) is 13.5. The highest BCUT2D eigenvalue weighted by Crippen LogP contribution is 2.47. The van der Waals surface area contributed by atoms with Crippen LogP contribution in [0, 0.1) is 5.92 Å². The molecule has 3 aliphatic rings. The zero-order valence-electron chi connectivity index (χ0n) is 12.7. The summed E-state index contributed by atoms with van der Waals surface area (Å²) in [4.78, 5) is 38.1. The van der Waals surface area contributed by atoms with Crippen molar-refractivity contribution in [3.8, 4) is 0 Å². The molecular weight excluding hydrogens is 336 g/mol. The summed E-state index contributed by atoms with van der Waals surface area (Å²) in [6.45, 7) is 0.480. The van der Waals surface area contributed by atoms with Crippen molar-refractivity contribution >= 4 is 30.0 Å². The van der Waals surface area contributed by atoms with Gasteiger partial charge in [-0.3, -0.25) is 14.5 Å². The number of hydrogen-bond acceptors (Lipinski definition) is 7. The van der Waals surface area contributed by atoms with E-state index in [1.807, 2.05) is 0 Å². The molecule has 0 aliphatic carbocycles. The van der Waals surface area contributed by atoms with Crippen molar-refractivity contribution in [1.82, 2.24) is 30.0 Å². The van der Waals surface area contributed by atoms with E-state index in [1.165, 1.54) is 26.2 Å². The first-order chi connectivity index (χ1) is 11.5. The second-order valence-electron chi connectivity index (χ2n) is 6.04. The maximum absolute atomic E-state index is 12.4. The van der Waals surface area contributed by atoms with Crippen LogP contribution in [0.25, 0.3) is 0 Å². The first-order valence-corrected chi connectivity index (χ1v) is 8.36. The SMILES string of the molecule is Cn1nnnc1SCC1=C(C(=O)O)N2C(=O)[C@@H]3[C@H]2[C@H](C1)CN3C=O. The minimum atomic E-state index is -1.11. The van der Waals surface area contributed by atoms with Crippen molar-refractivity contribution in [1.29, 1.82) is 0 Å². The molecule has 0 aromatic carbocycles. The van der Waals surface area contributed by atoms with Gasteiger partial charge in [0.1, 0.15) is 11.7 Å². The molecular formula is C13H14N6O4S. The average molecular weight is 350 g/mol. The highest BCUT2D eigenvalue weighted by molar-refractivity contribution is 7.99. The van der Waals surface area contributed by atoms with Crippen molar-refractivity contribution < 1.29 is 19.5 Å². The number of thioether (sulfide) groups is 1. The lowest BCUT2D eigenvalue weighted by atomic mass is 9.79. The number of amides is 2. The van der Waals surface area contributed by atoms with Gasteiger partial charge in [-0.2, -0.15) is 0 Å². The second-order valence-corrected chi connectivity index (χ2v) is 6.98. The predicted octanol–water partition coefficient (Wildman–Crippen LogP) is -1.29. The van der Waals surface area contributed by atoms with Crippen LogP contribution < -0.4 is 0 Å². The number of carbonyl (C=O) groups excluding carboxylic acids is 2. The Morgan fingerprint density at radius 2 is 2.29 bits per heavy atom. The van der Waals surface area contributed by atoms with Crippen molar-refractivity contribution in [2.75, 3.05) is 12.3 Å². The van der Waals surface area contributed by atoms with E-state index < -0.39 is 12.0 Å². The maximum Gasteiger partial charge on any atom is 0.352 e. The fourth-order valence-electron chi connectivity index (χ4n) is 3.81. The van der Waals surface area contributed by atoms with Crippen LogP contribution in [-0.4, -0.2) is 77.8 Å². The average Bonchev–Trinajstić information content (AvgIpc) is 3.12. The summed E-state index contributed by atoms with van der Waals surface area (Å²) in [6, 6.07) is -0.710. The van der Waals surface area contributed by atoms with Crippen LogP contribution in [0.1, 0.15) is 6.42 Å². The summed E-state index contributed by atoms with van der Waals surface area (Å²) in [7, 11) is 1.70. The lowest BCUT2D eigenvalue weighted by molar-refractivity contribution is -0.158. The molecule has 1 aromatic rings. The van der Waals surface area contributed by atoms with Gasteiger partial charge in [-0.25, -0.2) is 9.48 Å². The summed E-state index contributed by atoms with van der Waals surface area (Å²) in [5.74, 6) is -0.963. The molecule has 1 N–H and O–H groups in total. The molecule has 3 aliphatic heterocycles. The Bertz CT molecular complexity index is 776. The fourth-order valence-corrected chi connectivity index (χ4v) is 4.68. The first-order valence-electron chi connectivity index (χ1n) is 7.37. The molecule has 0 bridgehead atoms. The quantitative estimate of drug-likeness (QED) is 0.396. The van der Waals surface area contributed by atoms with E-state index in [-0.39, 0.29) is 23.6 Å². The second kappa shape index (κ2) is 5.30. The number of β-lactam (4-membered cyclic amide) rings is 1. The fraction of sp³-hybridized carbons (Fsp3) is 0.538. The van der Waals surface area contributed by atoms with E-state index in [0.29, 0.717) is 35.9 Å². The Kier molecular flexibility index (Phi) is 3.34. The van der Waals surface area contributed by atoms with Gasteiger partial charge in [0.2, 0.25) is 11.6 Å². The monoisotopic (exact) mass is 350 g/mol. The minimum Gasteiger partial charge on any atom is -0.477 e. The number of aliphatic carboxylic acids is 1. The summed E-state index contributed by atoms with van der Waals surface area (Å²) in [6.07, 6.45) is 1.23. The molecule has 1 aromatic heterocycles. The number of likely N-dealkylation sites (tertiary alicyclic amines) is 1. The van der Waals surface area contributed by atoms with Crippen LogP contribution in [0.3, 0.4) is 0 Å². The van der Waals surface area contributed by atoms with Gasteiger partial charge in [-0.1, -0.05) is 11.8 Å². The number of rotatable bonds is 5. The van der Waals surface area contributed by atoms with E-state index in [1.54, 1.807) is 7.05 Å². The van der Waals surface area contributed by atoms with E-state index in [2.05, 4.69) is 15.5 Å². The minimum absolute atomic E-state index is 0.0490. The van der Waals surface area contributed by atoms with Gasteiger partial charge in [0.15, 0.2) is 0 Å². The molecule has 2 amide bonds. The number of nitrogens with zero attached hydrogens (tertiary/aromatic N) is 6. The van der Waals surface area contributed by atoms with Gasteiger partial charge in [-0.05, 0) is 22.4 Å². The highest BCUT2D eigenvalue weighted by Gasteiger charge is 2.62. The van der Waals surface area contributed by atoms with Crippen LogP contribution in [-0.2, 0) is 21.4 Å². The maximum atomic E-state index is 12.4. The van der Waals surface area contributed by atoms with Crippen LogP contribution in [0.15, 0.2) is 16.4 Å². The third-order valence-electron chi connectivity index (χ3n) is 4.78. The van der Waals surface area contributed by atoms with Gasteiger partial charge in [-0.15, -0.1) is 5.10 Å². The Balaban J connectivity index is 1.63. The Hall–Kier alpha value is -2.43. The Morgan fingerprint density at radius 1 is 1.50 bits per heavy atom. The van der Waals surface area contributed by atoms with E-state index in [4.69, 9.17) is 0 Å². The Morgan fingerprint density at radius 3 is 2.92 bits per heavy atom. The molecule has 4 heterocycles.